The van der Waals surface area contributed by atoms with Crippen molar-refractivity contribution in [3.8, 4) is 0 Å². The van der Waals surface area contributed by atoms with Gasteiger partial charge in [-0.2, -0.15) is 0 Å². The van der Waals surface area contributed by atoms with Crippen LogP contribution in [0.3, 0.4) is 0 Å². The molecule has 84 valence electrons. The van der Waals surface area contributed by atoms with Crippen molar-refractivity contribution in [2.75, 3.05) is 5.88 Å². The molecule has 1 rings (SSSR count). The second-order valence-electron chi connectivity index (χ2n) is 4.04. The standard InChI is InChI=1S/C11H16ClNO2/c1-3-4-5-11(2)9(14)8(6-12)7-13-10(11)15/h7H,3-6H2,1-2H3,(H,13,15). The highest BCUT2D eigenvalue weighted by molar-refractivity contribution is 6.26. The Morgan fingerprint density at radius 2 is 2.13 bits per heavy atom. The van der Waals surface area contributed by atoms with Gasteiger partial charge in [-0.05, 0) is 13.3 Å². The summed E-state index contributed by atoms with van der Waals surface area (Å²) in [6, 6.07) is 0. The van der Waals surface area contributed by atoms with Crippen LogP contribution in [0.1, 0.15) is 33.1 Å². The largest absolute Gasteiger partial charge is 0.331 e. The molecule has 1 amide bonds. The average molecular weight is 230 g/mol. The first-order valence-electron chi connectivity index (χ1n) is 5.17. The average Bonchev–Trinajstić information content (AvgIpc) is 2.24. The molecule has 0 fully saturated rings. The first-order valence-corrected chi connectivity index (χ1v) is 5.70. The Morgan fingerprint density at radius 1 is 1.47 bits per heavy atom. The Hall–Kier alpha value is -0.830. The smallest absolute Gasteiger partial charge is 0.237 e. The molecular formula is C11H16ClNO2. The second kappa shape index (κ2) is 4.79. The molecule has 0 aliphatic carbocycles. The molecule has 0 saturated carbocycles. The third kappa shape index (κ3) is 2.23. The minimum atomic E-state index is -0.922. The number of ketones is 1. The summed E-state index contributed by atoms with van der Waals surface area (Å²) in [6.45, 7) is 3.73. The van der Waals surface area contributed by atoms with Gasteiger partial charge in [-0.25, -0.2) is 0 Å². The number of amides is 1. The van der Waals surface area contributed by atoms with Crippen LogP contribution in [0.5, 0.6) is 0 Å². The first kappa shape index (κ1) is 12.2. The fourth-order valence-corrected chi connectivity index (χ4v) is 1.89. The number of halogens is 1. The fourth-order valence-electron chi connectivity index (χ4n) is 1.69. The summed E-state index contributed by atoms with van der Waals surface area (Å²) in [5.74, 6) is -0.189. The summed E-state index contributed by atoms with van der Waals surface area (Å²) in [5, 5.41) is 2.61. The number of alkyl halides is 1. The SMILES string of the molecule is CCCCC1(C)C(=O)NC=C(CCl)C1=O. The lowest BCUT2D eigenvalue weighted by Gasteiger charge is -2.30. The zero-order valence-corrected chi connectivity index (χ0v) is 9.86. The van der Waals surface area contributed by atoms with Crippen molar-refractivity contribution in [2.24, 2.45) is 5.41 Å². The molecule has 0 radical (unpaired) electrons. The van der Waals surface area contributed by atoms with Gasteiger partial charge in [-0.3, -0.25) is 9.59 Å². The van der Waals surface area contributed by atoms with E-state index in [9.17, 15) is 9.59 Å². The minimum absolute atomic E-state index is 0.130. The topological polar surface area (TPSA) is 46.2 Å². The van der Waals surface area contributed by atoms with E-state index in [0.717, 1.165) is 12.8 Å². The molecule has 1 unspecified atom stereocenters. The van der Waals surface area contributed by atoms with Crippen molar-refractivity contribution < 1.29 is 9.59 Å². The molecule has 1 aliphatic rings. The van der Waals surface area contributed by atoms with Crippen molar-refractivity contribution in [3.63, 3.8) is 0 Å². The normalized spacial score (nSPS) is 26.2. The maximum Gasteiger partial charge on any atom is 0.237 e. The Kier molecular flexibility index (Phi) is 3.91. The molecule has 4 heteroatoms. The monoisotopic (exact) mass is 229 g/mol. The third-order valence-electron chi connectivity index (χ3n) is 2.85. The van der Waals surface area contributed by atoms with Gasteiger partial charge in [0, 0.05) is 11.8 Å². The van der Waals surface area contributed by atoms with Crippen molar-refractivity contribution in [2.45, 2.75) is 33.1 Å². The van der Waals surface area contributed by atoms with Crippen LogP contribution in [0.15, 0.2) is 11.8 Å². The van der Waals surface area contributed by atoms with Gasteiger partial charge in [-0.15, -0.1) is 11.6 Å². The van der Waals surface area contributed by atoms with Crippen molar-refractivity contribution in [3.05, 3.63) is 11.8 Å². The van der Waals surface area contributed by atoms with Gasteiger partial charge in [0.2, 0.25) is 5.91 Å². The van der Waals surface area contributed by atoms with Gasteiger partial charge in [0.1, 0.15) is 5.41 Å². The molecule has 15 heavy (non-hydrogen) atoms. The van der Waals surface area contributed by atoms with Gasteiger partial charge >= 0.3 is 0 Å². The van der Waals surface area contributed by atoms with Crippen LogP contribution >= 0.6 is 11.6 Å². The van der Waals surface area contributed by atoms with Crippen LogP contribution in [0.4, 0.5) is 0 Å². The van der Waals surface area contributed by atoms with E-state index in [1.807, 2.05) is 6.92 Å². The van der Waals surface area contributed by atoms with Crippen LogP contribution in [0, 0.1) is 5.41 Å². The number of rotatable bonds is 4. The first-order chi connectivity index (χ1) is 7.06. The molecule has 0 spiro atoms. The maximum absolute atomic E-state index is 12.0. The number of hydrogen-bond donors (Lipinski definition) is 1. The number of Topliss-reactive ketones (excluding diaryl/α,β-unsaturated/α-hetero) is 1. The van der Waals surface area contributed by atoms with E-state index in [0.29, 0.717) is 12.0 Å². The van der Waals surface area contributed by atoms with Gasteiger partial charge < -0.3 is 5.32 Å². The van der Waals surface area contributed by atoms with Crippen molar-refractivity contribution >= 4 is 23.3 Å². The number of nitrogens with one attached hydrogen (secondary N) is 1. The number of carbonyl (C=O) groups excluding carboxylic acids is 2. The van der Waals surface area contributed by atoms with E-state index in [1.165, 1.54) is 6.20 Å². The third-order valence-corrected chi connectivity index (χ3v) is 3.13. The van der Waals surface area contributed by atoms with Crippen LogP contribution in [0.2, 0.25) is 0 Å². The van der Waals surface area contributed by atoms with E-state index in [2.05, 4.69) is 5.32 Å². The number of allylic oxidation sites excluding steroid dienone is 1. The molecule has 1 aliphatic heterocycles. The van der Waals surface area contributed by atoms with Gasteiger partial charge in [-0.1, -0.05) is 19.8 Å². The van der Waals surface area contributed by atoms with E-state index >= 15 is 0 Å². The zero-order chi connectivity index (χ0) is 11.5. The van der Waals surface area contributed by atoms with Gasteiger partial charge in [0.25, 0.3) is 0 Å². The van der Waals surface area contributed by atoms with Crippen LogP contribution < -0.4 is 5.32 Å². The molecular weight excluding hydrogens is 214 g/mol. The summed E-state index contributed by atoms with van der Waals surface area (Å²) in [6.07, 6.45) is 3.84. The lowest BCUT2D eigenvalue weighted by molar-refractivity contribution is -0.140. The van der Waals surface area contributed by atoms with E-state index in [1.54, 1.807) is 6.92 Å². The molecule has 0 aromatic carbocycles. The molecule has 0 saturated heterocycles. The van der Waals surface area contributed by atoms with Gasteiger partial charge in [0.15, 0.2) is 5.78 Å². The highest BCUT2D eigenvalue weighted by Gasteiger charge is 2.43. The second-order valence-corrected chi connectivity index (χ2v) is 4.31. The lowest BCUT2D eigenvalue weighted by atomic mass is 9.76. The summed E-state index contributed by atoms with van der Waals surface area (Å²) < 4.78 is 0. The number of unbranched alkanes of at least 4 members (excludes halogenated alkanes) is 1. The van der Waals surface area contributed by atoms with E-state index < -0.39 is 5.41 Å². The summed E-state index contributed by atoms with van der Waals surface area (Å²) >= 11 is 5.64. The van der Waals surface area contributed by atoms with Crippen LogP contribution in [-0.4, -0.2) is 17.6 Å². The Bertz CT molecular complexity index is 312. The predicted molar refractivity (Wildman–Crippen MR) is 59.6 cm³/mol. The Labute approximate surface area is 94.9 Å². The van der Waals surface area contributed by atoms with E-state index in [4.69, 9.17) is 11.6 Å². The number of hydrogen-bond acceptors (Lipinski definition) is 2. The maximum atomic E-state index is 12.0. The molecule has 0 aromatic rings. The van der Waals surface area contributed by atoms with Crippen LogP contribution in [0.25, 0.3) is 0 Å². The fraction of sp³-hybridized carbons (Fsp3) is 0.636. The zero-order valence-electron chi connectivity index (χ0n) is 9.10. The number of carbonyl (C=O) groups is 2. The molecule has 1 N–H and O–H groups in total. The highest BCUT2D eigenvalue weighted by atomic mass is 35.5. The van der Waals surface area contributed by atoms with Crippen molar-refractivity contribution in [1.82, 2.24) is 5.32 Å². The predicted octanol–water partition coefficient (Wildman–Crippen LogP) is 2.00. The summed E-state index contributed by atoms with van der Waals surface area (Å²) in [4.78, 5) is 23.7. The van der Waals surface area contributed by atoms with Crippen LogP contribution in [-0.2, 0) is 9.59 Å². The molecule has 0 bridgehead atoms. The molecule has 0 aromatic heterocycles. The van der Waals surface area contributed by atoms with Crippen molar-refractivity contribution in [1.29, 1.82) is 0 Å². The quantitative estimate of drug-likeness (QED) is 0.592. The Morgan fingerprint density at radius 3 is 2.67 bits per heavy atom. The van der Waals surface area contributed by atoms with Gasteiger partial charge in [0.05, 0.1) is 5.88 Å². The Balaban J connectivity index is 2.91. The highest BCUT2D eigenvalue weighted by Crippen LogP contribution is 2.31. The lowest BCUT2D eigenvalue weighted by Crippen LogP contribution is -2.47. The summed E-state index contributed by atoms with van der Waals surface area (Å²) in [5.41, 5.74) is -0.426. The molecule has 1 heterocycles. The summed E-state index contributed by atoms with van der Waals surface area (Å²) in [7, 11) is 0. The minimum Gasteiger partial charge on any atom is -0.331 e. The molecule has 3 nitrogen and oxygen atoms in total. The van der Waals surface area contributed by atoms with E-state index in [-0.39, 0.29) is 17.6 Å². The molecule has 1 atom stereocenters.